The van der Waals surface area contributed by atoms with Gasteiger partial charge in [0.1, 0.15) is 11.6 Å². The molecule has 0 amide bonds. The third kappa shape index (κ3) is 3.54. The molecule has 0 unspecified atom stereocenters. The summed E-state index contributed by atoms with van der Waals surface area (Å²) in [6.45, 7) is 6.94. The fourth-order valence-electron chi connectivity index (χ4n) is 3.51. The Kier molecular flexibility index (Phi) is 5.08. The number of para-hydroxylation sites is 2. The lowest BCUT2D eigenvalue weighted by Gasteiger charge is -2.15. The van der Waals surface area contributed by atoms with E-state index in [1.54, 1.807) is 0 Å². The van der Waals surface area contributed by atoms with Crippen molar-refractivity contribution in [1.29, 1.82) is 0 Å². The molecule has 0 radical (unpaired) electrons. The monoisotopic (exact) mass is 340 g/mol. The average molecular weight is 340 g/mol. The molecule has 0 aliphatic carbocycles. The Morgan fingerprint density at radius 3 is 2.68 bits per heavy atom. The number of nitrogens with zero attached hydrogens (tertiary/aromatic N) is 5. The summed E-state index contributed by atoms with van der Waals surface area (Å²) in [4.78, 5) is 6.75. The molecule has 3 aromatic rings. The van der Waals surface area contributed by atoms with Crippen LogP contribution in [0.25, 0.3) is 11.0 Å². The van der Waals surface area contributed by atoms with Crippen molar-refractivity contribution in [2.75, 3.05) is 25.5 Å². The fourth-order valence-corrected chi connectivity index (χ4v) is 3.51. The summed E-state index contributed by atoms with van der Waals surface area (Å²) in [6, 6.07) is 8.33. The van der Waals surface area contributed by atoms with Crippen LogP contribution in [0.3, 0.4) is 0 Å². The molecule has 0 aliphatic heterocycles. The van der Waals surface area contributed by atoms with Crippen molar-refractivity contribution in [3.63, 3.8) is 0 Å². The van der Waals surface area contributed by atoms with E-state index in [2.05, 4.69) is 71.0 Å². The van der Waals surface area contributed by atoms with Gasteiger partial charge in [-0.25, -0.2) is 4.98 Å². The first-order valence-electron chi connectivity index (χ1n) is 8.81. The lowest BCUT2D eigenvalue weighted by Crippen LogP contribution is -2.20. The number of hydrogen-bond acceptors (Lipinski definition) is 4. The Morgan fingerprint density at radius 1 is 1.16 bits per heavy atom. The zero-order valence-electron chi connectivity index (χ0n) is 15.9. The number of imidazole rings is 1. The van der Waals surface area contributed by atoms with Gasteiger partial charge < -0.3 is 14.8 Å². The zero-order valence-corrected chi connectivity index (χ0v) is 15.9. The largest absolute Gasteiger partial charge is 0.363 e. The number of aromatic nitrogens is 4. The summed E-state index contributed by atoms with van der Waals surface area (Å²) in [5.74, 6) is 2.25. The molecule has 0 aliphatic rings. The highest BCUT2D eigenvalue weighted by Crippen LogP contribution is 2.21. The summed E-state index contributed by atoms with van der Waals surface area (Å²) in [5.41, 5.74) is 4.67. The summed E-state index contributed by atoms with van der Waals surface area (Å²) in [7, 11) is 6.12. The lowest BCUT2D eigenvalue weighted by atomic mass is 10.2. The molecular formula is C19H28N6. The molecule has 2 aromatic heterocycles. The van der Waals surface area contributed by atoms with E-state index < -0.39 is 0 Å². The number of fused-ring (bicyclic) bond motifs is 1. The van der Waals surface area contributed by atoms with E-state index in [1.807, 2.05) is 17.8 Å². The van der Waals surface area contributed by atoms with Gasteiger partial charge >= 0.3 is 0 Å². The highest BCUT2D eigenvalue weighted by molar-refractivity contribution is 5.75. The Balaban J connectivity index is 1.57. The standard InChI is InChI=1S/C19H28N6/c1-14-16(19(23(3)4)24(5)22-14)13-20-11-8-12-25-15(2)21-17-9-6-7-10-18(17)25/h6-7,9-10,20H,8,11-13H2,1-5H3. The number of rotatable bonds is 7. The van der Waals surface area contributed by atoms with Crippen molar-refractivity contribution in [3.05, 3.63) is 41.3 Å². The SMILES string of the molecule is Cc1nn(C)c(N(C)C)c1CNCCCn1c(C)nc2ccccc21. The third-order valence-electron chi connectivity index (χ3n) is 4.62. The molecule has 1 N–H and O–H groups in total. The molecular weight excluding hydrogens is 312 g/mol. The topological polar surface area (TPSA) is 50.9 Å². The number of hydrogen-bond donors (Lipinski definition) is 1. The second-order valence-electron chi connectivity index (χ2n) is 6.74. The van der Waals surface area contributed by atoms with Crippen molar-refractivity contribution in [3.8, 4) is 0 Å². The molecule has 0 saturated carbocycles. The second-order valence-corrected chi connectivity index (χ2v) is 6.74. The number of aryl methyl sites for hydroxylation is 4. The molecule has 2 heterocycles. The van der Waals surface area contributed by atoms with E-state index in [4.69, 9.17) is 0 Å². The Morgan fingerprint density at radius 2 is 1.92 bits per heavy atom. The molecule has 0 spiro atoms. The minimum atomic E-state index is 0.844. The quantitative estimate of drug-likeness (QED) is 0.672. The molecule has 134 valence electrons. The van der Waals surface area contributed by atoms with Gasteiger partial charge in [-0.05, 0) is 38.9 Å². The lowest BCUT2D eigenvalue weighted by molar-refractivity contribution is 0.580. The van der Waals surface area contributed by atoms with Gasteiger partial charge in [0.2, 0.25) is 0 Å². The molecule has 3 rings (SSSR count). The van der Waals surface area contributed by atoms with Gasteiger partial charge in [-0.3, -0.25) is 4.68 Å². The van der Waals surface area contributed by atoms with Crippen LogP contribution in [0.2, 0.25) is 0 Å². The second kappa shape index (κ2) is 7.27. The first-order chi connectivity index (χ1) is 12.0. The zero-order chi connectivity index (χ0) is 18.0. The van der Waals surface area contributed by atoms with Crippen LogP contribution in [0.1, 0.15) is 23.5 Å². The van der Waals surface area contributed by atoms with Crippen molar-refractivity contribution in [2.45, 2.75) is 33.4 Å². The van der Waals surface area contributed by atoms with Crippen LogP contribution in [0.4, 0.5) is 5.82 Å². The van der Waals surface area contributed by atoms with Gasteiger partial charge in [0, 0.05) is 39.8 Å². The van der Waals surface area contributed by atoms with E-state index in [-0.39, 0.29) is 0 Å². The fraction of sp³-hybridized carbons (Fsp3) is 0.474. The van der Waals surface area contributed by atoms with E-state index in [9.17, 15) is 0 Å². The minimum Gasteiger partial charge on any atom is -0.363 e. The van der Waals surface area contributed by atoms with Gasteiger partial charge in [-0.1, -0.05) is 12.1 Å². The number of anilines is 1. The van der Waals surface area contributed by atoms with Crippen molar-refractivity contribution >= 4 is 16.9 Å². The molecule has 0 atom stereocenters. The highest BCUT2D eigenvalue weighted by Gasteiger charge is 2.14. The normalized spacial score (nSPS) is 11.4. The van der Waals surface area contributed by atoms with Gasteiger partial charge in [0.05, 0.1) is 16.7 Å². The average Bonchev–Trinajstić information content (AvgIpc) is 3.03. The van der Waals surface area contributed by atoms with Gasteiger partial charge in [-0.2, -0.15) is 5.10 Å². The molecule has 6 heteroatoms. The van der Waals surface area contributed by atoms with E-state index in [0.717, 1.165) is 43.1 Å². The van der Waals surface area contributed by atoms with E-state index in [1.165, 1.54) is 16.9 Å². The maximum Gasteiger partial charge on any atom is 0.130 e. The first-order valence-corrected chi connectivity index (χ1v) is 8.81. The first kappa shape index (κ1) is 17.5. The smallest absolute Gasteiger partial charge is 0.130 e. The molecule has 0 bridgehead atoms. The Hall–Kier alpha value is -2.34. The molecule has 0 fully saturated rings. The van der Waals surface area contributed by atoms with E-state index in [0.29, 0.717) is 0 Å². The van der Waals surface area contributed by atoms with Crippen molar-refractivity contribution in [2.24, 2.45) is 7.05 Å². The summed E-state index contributed by atoms with van der Waals surface area (Å²) in [5, 5.41) is 8.11. The molecule has 25 heavy (non-hydrogen) atoms. The van der Waals surface area contributed by atoms with Crippen molar-refractivity contribution < 1.29 is 0 Å². The molecule has 1 aromatic carbocycles. The van der Waals surface area contributed by atoms with Crippen LogP contribution in [-0.4, -0.2) is 40.0 Å². The van der Waals surface area contributed by atoms with Crippen molar-refractivity contribution in [1.82, 2.24) is 24.6 Å². The Bertz CT molecular complexity index is 858. The molecule has 6 nitrogen and oxygen atoms in total. The predicted molar refractivity (Wildman–Crippen MR) is 103 cm³/mol. The highest BCUT2D eigenvalue weighted by atomic mass is 15.4. The maximum atomic E-state index is 4.63. The van der Waals surface area contributed by atoms with Crippen LogP contribution in [0.15, 0.2) is 24.3 Å². The molecule has 0 saturated heterocycles. The van der Waals surface area contributed by atoms with Crippen LogP contribution in [0.5, 0.6) is 0 Å². The van der Waals surface area contributed by atoms with Gasteiger partial charge in [-0.15, -0.1) is 0 Å². The number of nitrogens with one attached hydrogen (secondary N) is 1. The van der Waals surface area contributed by atoms with Crippen LogP contribution in [0, 0.1) is 13.8 Å². The van der Waals surface area contributed by atoms with Gasteiger partial charge in [0.25, 0.3) is 0 Å². The van der Waals surface area contributed by atoms with Crippen LogP contribution >= 0.6 is 0 Å². The predicted octanol–water partition coefficient (Wildman–Crippen LogP) is 2.63. The Labute approximate surface area is 149 Å². The summed E-state index contributed by atoms with van der Waals surface area (Å²) < 4.78 is 4.25. The third-order valence-corrected chi connectivity index (χ3v) is 4.62. The van der Waals surface area contributed by atoms with E-state index >= 15 is 0 Å². The summed E-state index contributed by atoms with van der Waals surface area (Å²) in [6.07, 6.45) is 1.07. The van der Waals surface area contributed by atoms with Crippen LogP contribution in [-0.2, 0) is 20.1 Å². The summed E-state index contributed by atoms with van der Waals surface area (Å²) >= 11 is 0. The van der Waals surface area contributed by atoms with Crippen LogP contribution < -0.4 is 10.2 Å². The number of benzene rings is 1. The minimum absolute atomic E-state index is 0.844. The maximum absolute atomic E-state index is 4.63. The van der Waals surface area contributed by atoms with Gasteiger partial charge in [0.15, 0.2) is 0 Å².